The maximum absolute atomic E-state index is 5.82. The molecule has 1 nitrogen and oxygen atoms in total. The van der Waals surface area contributed by atoms with Crippen molar-refractivity contribution in [3.05, 3.63) is 83.4 Å². The SMILES string of the molecule is C=CCCCc1ccc(CCCC[C@H]2CC[C@H](c3ccc(COCCCCC)cc3)CC2)cc1. The molecule has 1 saturated carbocycles. The normalized spacial score (nSPS) is 18.1. The van der Waals surface area contributed by atoms with Crippen molar-refractivity contribution in [1.29, 1.82) is 0 Å². The lowest BCUT2D eigenvalue weighted by molar-refractivity contribution is 0.117. The first-order valence-electron chi connectivity index (χ1n) is 14.1. The molecule has 0 bridgehead atoms. The van der Waals surface area contributed by atoms with Gasteiger partial charge in [0.2, 0.25) is 0 Å². The summed E-state index contributed by atoms with van der Waals surface area (Å²) in [6.07, 6.45) is 20.1. The summed E-state index contributed by atoms with van der Waals surface area (Å²) in [5.41, 5.74) is 5.83. The lowest BCUT2D eigenvalue weighted by Gasteiger charge is -2.29. The lowest BCUT2D eigenvalue weighted by atomic mass is 9.77. The molecule has 0 heterocycles. The first-order chi connectivity index (χ1) is 16.8. The predicted molar refractivity (Wildman–Crippen MR) is 147 cm³/mol. The van der Waals surface area contributed by atoms with Crippen LogP contribution in [0, 0.1) is 5.92 Å². The molecule has 0 spiro atoms. The van der Waals surface area contributed by atoms with Crippen LogP contribution in [0.1, 0.15) is 112 Å². The molecule has 1 heteroatoms. The standard InChI is InChI=1S/C33H48O/c1-3-5-7-11-28-14-16-29(17-15-28)12-8-9-13-30-18-22-32(23-19-30)33-24-20-31(21-25-33)27-34-26-10-6-4-2/h3,14-17,20-21,24-25,30,32H,1,4-13,18-19,22-23,26-27H2,2H3/t30-,32-. The van der Waals surface area contributed by atoms with E-state index in [4.69, 9.17) is 4.74 Å². The van der Waals surface area contributed by atoms with Crippen molar-refractivity contribution in [1.82, 2.24) is 0 Å². The molecule has 2 aromatic rings. The predicted octanol–water partition coefficient (Wildman–Crippen LogP) is 9.59. The number of hydrogen-bond acceptors (Lipinski definition) is 1. The third-order valence-corrected chi connectivity index (χ3v) is 7.68. The van der Waals surface area contributed by atoms with Gasteiger partial charge in [0.1, 0.15) is 0 Å². The van der Waals surface area contributed by atoms with Gasteiger partial charge in [0.05, 0.1) is 6.61 Å². The molecule has 0 saturated heterocycles. The fraction of sp³-hybridized carbons (Fsp3) is 0.576. The quantitative estimate of drug-likeness (QED) is 0.179. The fourth-order valence-electron chi connectivity index (χ4n) is 5.40. The van der Waals surface area contributed by atoms with Gasteiger partial charge in [-0.2, -0.15) is 0 Å². The van der Waals surface area contributed by atoms with Crippen molar-refractivity contribution in [2.45, 2.75) is 109 Å². The summed E-state index contributed by atoms with van der Waals surface area (Å²) < 4.78 is 5.82. The van der Waals surface area contributed by atoms with Crippen LogP contribution in [0.15, 0.2) is 61.2 Å². The number of aryl methyl sites for hydroxylation is 2. The summed E-state index contributed by atoms with van der Waals surface area (Å²) >= 11 is 0. The maximum Gasteiger partial charge on any atom is 0.0716 e. The minimum absolute atomic E-state index is 0.761. The monoisotopic (exact) mass is 460 g/mol. The molecule has 3 rings (SSSR count). The van der Waals surface area contributed by atoms with Gasteiger partial charge in [-0.1, -0.05) is 87.2 Å². The van der Waals surface area contributed by atoms with Gasteiger partial charge in [-0.05, 0) is 98.3 Å². The number of ether oxygens (including phenoxy) is 1. The second-order valence-electron chi connectivity index (χ2n) is 10.5. The maximum atomic E-state index is 5.82. The lowest BCUT2D eigenvalue weighted by Crippen LogP contribution is -2.13. The Morgan fingerprint density at radius 3 is 2.06 bits per heavy atom. The van der Waals surface area contributed by atoms with Crippen molar-refractivity contribution in [3.63, 3.8) is 0 Å². The van der Waals surface area contributed by atoms with Gasteiger partial charge in [-0.25, -0.2) is 0 Å². The van der Waals surface area contributed by atoms with E-state index in [1.807, 2.05) is 6.08 Å². The molecule has 0 amide bonds. The summed E-state index contributed by atoms with van der Waals surface area (Å²) in [4.78, 5) is 0. The molecular formula is C33H48O. The van der Waals surface area contributed by atoms with E-state index in [1.165, 1.54) is 100 Å². The molecule has 1 fully saturated rings. The topological polar surface area (TPSA) is 9.23 Å². The molecule has 186 valence electrons. The molecule has 0 aromatic heterocycles. The van der Waals surface area contributed by atoms with Crippen LogP contribution in [0.2, 0.25) is 0 Å². The van der Waals surface area contributed by atoms with Crippen molar-refractivity contribution in [3.8, 4) is 0 Å². The number of benzene rings is 2. The Hall–Kier alpha value is -1.86. The van der Waals surface area contributed by atoms with Gasteiger partial charge in [0, 0.05) is 6.61 Å². The van der Waals surface area contributed by atoms with Crippen LogP contribution < -0.4 is 0 Å². The molecule has 0 aliphatic heterocycles. The Kier molecular flexibility index (Phi) is 12.5. The molecule has 0 N–H and O–H groups in total. The largest absolute Gasteiger partial charge is 0.377 e. The van der Waals surface area contributed by atoms with Crippen LogP contribution in [0.25, 0.3) is 0 Å². The van der Waals surface area contributed by atoms with E-state index in [0.29, 0.717) is 0 Å². The van der Waals surface area contributed by atoms with Crippen LogP contribution >= 0.6 is 0 Å². The zero-order chi connectivity index (χ0) is 23.8. The summed E-state index contributed by atoms with van der Waals surface area (Å²) in [6.45, 7) is 7.70. The average molecular weight is 461 g/mol. The number of hydrogen-bond donors (Lipinski definition) is 0. The van der Waals surface area contributed by atoms with Crippen molar-refractivity contribution >= 4 is 0 Å². The van der Waals surface area contributed by atoms with Gasteiger partial charge in [0.15, 0.2) is 0 Å². The van der Waals surface area contributed by atoms with Crippen LogP contribution in [-0.4, -0.2) is 6.61 Å². The van der Waals surface area contributed by atoms with E-state index in [-0.39, 0.29) is 0 Å². The minimum atomic E-state index is 0.761. The van der Waals surface area contributed by atoms with Gasteiger partial charge < -0.3 is 4.74 Å². The molecule has 34 heavy (non-hydrogen) atoms. The highest BCUT2D eigenvalue weighted by atomic mass is 16.5. The third-order valence-electron chi connectivity index (χ3n) is 7.68. The summed E-state index contributed by atoms with van der Waals surface area (Å²) in [5.74, 6) is 1.71. The highest BCUT2D eigenvalue weighted by Crippen LogP contribution is 2.37. The van der Waals surface area contributed by atoms with E-state index in [0.717, 1.165) is 31.5 Å². The number of rotatable bonds is 16. The Bertz CT molecular complexity index is 780. The summed E-state index contributed by atoms with van der Waals surface area (Å²) in [5, 5.41) is 0. The minimum Gasteiger partial charge on any atom is -0.377 e. The highest BCUT2D eigenvalue weighted by Gasteiger charge is 2.22. The Balaban J connectivity index is 1.27. The van der Waals surface area contributed by atoms with E-state index in [9.17, 15) is 0 Å². The molecule has 1 aliphatic carbocycles. The molecule has 1 aliphatic rings. The molecular weight excluding hydrogens is 412 g/mol. The van der Waals surface area contributed by atoms with Crippen LogP contribution in [0.5, 0.6) is 0 Å². The van der Waals surface area contributed by atoms with Gasteiger partial charge in [-0.15, -0.1) is 6.58 Å². The van der Waals surface area contributed by atoms with Crippen molar-refractivity contribution in [2.75, 3.05) is 6.61 Å². The number of unbranched alkanes of at least 4 members (excludes halogenated alkanes) is 4. The second kappa shape index (κ2) is 15.9. The first kappa shape index (κ1) is 26.7. The van der Waals surface area contributed by atoms with E-state index >= 15 is 0 Å². The van der Waals surface area contributed by atoms with Crippen LogP contribution in [0.4, 0.5) is 0 Å². The zero-order valence-electron chi connectivity index (χ0n) is 21.8. The van der Waals surface area contributed by atoms with Crippen LogP contribution in [0.3, 0.4) is 0 Å². The first-order valence-corrected chi connectivity index (χ1v) is 14.1. The Morgan fingerprint density at radius 2 is 1.41 bits per heavy atom. The van der Waals surface area contributed by atoms with E-state index in [1.54, 1.807) is 5.56 Å². The van der Waals surface area contributed by atoms with Gasteiger partial charge >= 0.3 is 0 Å². The van der Waals surface area contributed by atoms with E-state index < -0.39 is 0 Å². The van der Waals surface area contributed by atoms with Gasteiger partial charge in [0.25, 0.3) is 0 Å². The highest BCUT2D eigenvalue weighted by molar-refractivity contribution is 5.25. The molecule has 2 aromatic carbocycles. The molecule has 0 radical (unpaired) electrons. The van der Waals surface area contributed by atoms with Crippen molar-refractivity contribution < 1.29 is 4.74 Å². The third kappa shape index (κ3) is 9.79. The fourth-order valence-corrected chi connectivity index (χ4v) is 5.40. The smallest absolute Gasteiger partial charge is 0.0716 e. The van der Waals surface area contributed by atoms with Gasteiger partial charge in [-0.3, -0.25) is 0 Å². The second-order valence-corrected chi connectivity index (χ2v) is 10.5. The number of allylic oxidation sites excluding steroid dienone is 1. The average Bonchev–Trinajstić information content (AvgIpc) is 2.88. The van der Waals surface area contributed by atoms with E-state index in [2.05, 4.69) is 62.0 Å². The van der Waals surface area contributed by atoms with Crippen LogP contribution in [-0.2, 0) is 24.2 Å². The zero-order valence-corrected chi connectivity index (χ0v) is 21.8. The molecule has 0 atom stereocenters. The summed E-state index contributed by atoms with van der Waals surface area (Å²) in [7, 11) is 0. The summed E-state index contributed by atoms with van der Waals surface area (Å²) in [6, 6.07) is 18.6. The Morgan fingerprint density at radius 1 is 0.765 bits per heavy atom. The van der Waals surface area contributed by atoms with Crippen molar-refractivity contribution in [2.24, 2.45) is 5.92 Å². The molecule has 0 unspecified atom stereocenters. The Labute approximate surface area is 210 Å².